The number of likely N-dealkylation sites (tertiary alicyclic amines) is 3. The average Bonchev–Trinajstić information content (AvgIpc) is 3.99. The molecular formula is C46H52N4O7. The van der Waals surface area contributed by atoms with Gasteiger partial charge in [-0.3, -0.25) is 19.4 Å². The van der Waals surface area contributed by atoms with Crippen molar-refractivity contribution in [3.63, 3.8) is 0 Å². The number of carbonyl (C=O) groups excluding carboxylic acids is 3. The molecule has 4 fully saturated rings. The molecule has 11 nitrogen and oxygen atoms in total. The fourth-order valence-corrected chi connectivity index (χ4v) is 8.67. The van der Waals surface area contributed by atoms with Crippen LogP contribution in [0.3, 0.4) is 0 Å². The zero-order chi connectivity index (χ0) is 39.1. The molecule has 1 unspecified atom stereocenters. The minimum absolute atomic E-state index is 0.00406. The first-order chi connectivity index (χ1) is 27.9. The van der Waals surface area contributed by atoms with Gasteiger partial charge in [0.25, 0.3) is 5.91 Å². The Balaban J connectivity index is 0.947. The number of nitrogens with zero attached hydrogens (tertiary/aromatic N) is 3. The second kappa shape index (κ2) is 18.1. The monoisotopic (exact) mass is 772 g/mol. The molecule has 298 valence electrons. The van der Waals surface area contributed by atoms with Gasteiger partial charge in [0.1, 0.15) is 12.6 Å². The van der Waals surface area contributed by atoms with Crippen LogP contribution in [0.25, 0.3) is 11.1 Å². The van der Waals surface area contributed by atoms with Gasteiger partial charge in [-0.25, -0.2) is 4.79 Å². The molecule has 11 heteroatoms. The Bertz CT molecular complexity index is 2000. The lowest BCUT2D eigenvalue weighted by atomic mass is 9.98. The Morgan fingerprint density at radius 1 is 0.772 bits per heavy atom. The minimum atomic E-state index is -0.974. The zero-order valence-corrected chi connectivity index (χ0v) is 32.3. The summed E-state index contributed by atoms with van der Waals surface area (Å²) in [7, 11) is 0. The average molecular weight is 773 g/mol. The lowest BCUT2D eigenvalue weighted by Crippen LogP contribution is -2.45. The zero-order valence-electron chi connectivity index (χ0n) is 32.3. The lowest BCUT2D eigenvalue weighted by molar-refractivity contribution is -0.253. The number of benzene rings is 4. The molecule has 0 saturated carbocycles. The van der Waals surface area contributed by atoms with Gasteiger partial charge < -0.3 is 29.5 Å². The molecule has 5 atom stereocenters. The van der Waals surface area contributed by atoms with Gasteiger partial charge in [0.2, 0.25) is 5.91 Å². The number of nitrogens with one attached hydrogen (secondary N) is 1. The van der Waals surface area contributed by atoms with Crippen LogP contribution >= 0.6 is 0 Å². The maximum atomic E-state index is 13.3. The highest BCUT2D eigenvalue weighted by Gasteiger charge is 2.40. The van der Waals surface area contributed by atoms with Crippen molar-refractivity contribution in [2.24, 2.45) is 0 Å². The van der Waals surface area contributed by atoms with Crippen molar-refractivity contribution in [2.75, 3.05) is 32.7 Å². The number of hydrogen-bond donors (Lipinski definition) is 2. The number of carbonyl (C=O) groups is 3. The summed E-state index contributed by atoms with van der Waals surface area (Å²) < 4.78 is 18.8. The second-order valence-corrected chi connectivity index (χ2v) is 15.8. The molecule has 0 radical (unpaired) electrons. The standard InChI is InChI=1S/C46H52N4O7/c51-30-32-16-18-35(19-17-32)42-25-40(29-49-22-8-15-39(49)28-48-20-4-5-21-48)56-45(57-42)38-14-7-13-37(24-38)36-12-6-11-34(23-36)27-50-43(52)26-41(44(50)53)47-46(54)55-31-33-9-2-1-3-10-33/h1-3,6-7,9-14,16-19,23-24,39-42,45,51H,4-5,8,15,20-22,25-31H2,(H,47,54)/t39-,40-,41?,42+,45+/m0/s1. The summed E-state index contributed by atoms with van der Waals surface area (Å²) in [5, 5.41) is 12.2. The first-order valence-corrected chi connectivity index (χ1v) is 20.4. The number of hydrogen-bond acceptors (Lipinski definition) is 9. The molecule has 0 aromatic heterocycles. The van der Waals surface area contributed by atoms with Gasteiger partial charge in [0.05, 0.1) is 31.8 Å². The molecule has 0 aliphatic carbocycles. The van der Waals surface area contributed by atoms with Crippen molar-refractivity contribution in [3.05, 3.63) is 131 Å². The fourth-order valence-electron chi connectivity index (χ4n) is 8.67. The van der Waals surface area contributed by atoms with E-state index >= 15 is 0 Å². The highest BCUT2D eigenvalue weighted by Crippen LogP contribution is 2.40. The smallest absolute Gasteiger partial charge is 0.408 e. The third-order valence-corrected chi connectivity index (χ3v) is 11.7. The van der Waals surface area contributed by atoms with Crippen molar-refractivity contribution in [3.8, 4) is 11.1 Å². The van der Waals surface area contributed by atoms with Gasteiger partial charge in [-0.1, -0.05) is 91.0 Å². The summed E-state index contributed by atoms with van der Waals surface area (Å²) in [5.41, 5.74) is 6.34. The molecular weight excluding hydrogens is 721 g/mol. The molecule has 57 heavy (non-hydrogen) atoms. The Labute approximate surface area is 334 Å². The Kier molecular flexibility index (Phi) is 12.4. The van der Waals surface area contributed by atoms with Crippen LogP contribution in [-0.4, -0.2) is 88.6 Å². The Hall–Kier alpha value is -4.91. The van der Waals surface area contributed by atoms with E-state index in [1.807, 2.05) is 84.9 Å². The predicted molar refractivity (Wildman–Crippen MR) is 214 cm³/mol. The third kappa shape index (κ3) is 9.63. The van der Waals surface area contributed by atoms with E-state index in [2.05, 4.69) is 33.3 Å². The number of ether oxygens (including phenoxy) is 3. The maximum Gasteiger partial charge on any atom is 0.408 e. The van der Waals surface area contributed by atoms with E-state index in [4.69, 9.17) is 14.2 Å². The van der Waals surface area contributed by atoms with E-state index in [-0.39, 0.29) is 44.3 Å². The van der Waals surface area contributed by atoms with Crippen LogP contribution in [0, 0.1) is 0 Å². The molecule has 2 N–H and O–H groups in total. The minimum Gasteiger partial charge on any atom is -0.445 e. The molecule has 0 bridgehead atoms. The van der Waals surface area contributed by atoms with Crippen LogP contribution in [0.4, 0.5) is 4.79 Å². The fraction of sp³-hybridized carbons (Fsp3) is 0.413. The van der Waals surface area contributed by atoms with Crippen LogP contribution < -0.4 is 5.32 Å². The van der Waals surface area contributed by atoms with Gasteiger partial charge >= 0.3 is 6.09 Å². The molecule has 3 amide bonds. The van der Waals surface area contributed by atoms with Crippen molar-refractivity contribution in [1.29, 1.82) is 0 Å². The van der Waals surface area contributed by atoms with E-state index in [9.17, 15) is 19.5 Å². The van der Waals surface area contributed by atoms with E-state index in [0.717, 1.165) is 65.0 Å². The molecule has 4 heterocycles. The molecule has 4 saturated heterocycles. The largest absolute Gasteiger partial charge is 0.445 e. The van der Waals surface area contributed by atoms with Crippen molar-refractivity contribution >= 4 is 17.9 Å². The Morgan fingerprint density at radius 3 is 2.32 bits per heavy atom. The van der Waals surface area contributed by atoms with Gasteiger partial charge in [0, 0.05) is 31.1 Å². The predicted octanol–water partition coefficient (Wildman–Crippen LogP) is 6.51. The van der Waals surface area contributed by atoms with Crippen molar-refractivity contribution in [1.82, 2.24) is 20.0 Å². The van der Waals surface area contributed by atoms with E-state index in [0.29, 0.717) is 6.04 Å². The molecule has 4 aliphatic rings. The van der Waals surface area contributed by atoms with Crippen LogP contribution in [0.5, 0.6) is 0 Å². The first-order valence-electron chi connectivity index (χ1n) is 20.4. The molecule has 4 aliphatic heterocycles. The summed E-state index contributed by atoms with van der Waals surface area (Å²) in [6, 6.07) is 32.8. The first kappa shape index (κ1) is 38.9. The summed E-state index contributed by atoms with van der Waals surface area (Å²) in [6.45, 7) is 5.61. The van der Waals surface area contributed by atoms with Crippen molar-refractivity contribution < 1.29 is 33.7 Å². The van der Waals surface area contributed by atoms with Crippen LogP contribution in [0.2, 0.25) is 0 Å². The summed E-state index contributed by atoms with van der Waals surface area (Å²) in [4.78, 5) is 45.2. The summed E-state index contributed by atoms with van der Waals surface area (Å²) >= 11 is 0. The third-order valence-electron chi connectivity index (χ3n) is 11.7. The quantitative estimate of drug-likeness (QED) is 0.147. The van der Waals surface area contributed by atoms with E-state index < -0.39 is 24.3 Å². The van der Waals surface area contributed by atoms with Crippen LogP contribution in [-0.2, 0) is 43.6 Å². The van der Waals surface area contributed by atoms with Gasteiger partial charge in [-0.2, -0.15) is 0 Å². The molecule has 4 aromatic carbocycles. The SMILES string of the molecule is O=C(NC1CC(=O)N(Cc2cccc(-c3cccc([C@@H]4O[C@H](CN5CCC[C@H]5CN5CCCC5)C[C@H](c5ccc(CO)cc5)O4)c3)c2)C1=O)OCc1ccccc1. The number of alkyl carbamates (subject to hydrolysis) is 1. The van der Waals surface area contributed by atoms with Gasteiger partial charge in [0.15, 0.2) is 6.29 Å². The van der Waals surface area contributed by atoms with Gasteiger partial charge in [-0.15, -0.1) is 0 Å². The molecule has 4 aromatic rings. The normalized spacial score (nSPS) is 24.3. The number of amides is 3. The van der Waals surface area contributed by atoms with Crippen LogP contribution in [0.15, 0.2) is 103 Å². The maximum absolute atomic E-state index is 13.3. The summed E-state index contributed by atoms with van der Waals surface area (Å²) in [6.07, 6.45) is 4.11. The molecule has 8 rings (SSSR count). The molecule has 0 spiro atoms. The lowest BCUT2D eigenvalue weighted by Gasteiger charge is -2.39. The van der Waals surface area contributed by atoms with Gasteiger partial charge in [-0.05, 0) is 90.8 Å². The Morgan fingerprint density at radius 2 is 1.53 bits per heavy atom. The second-order valence-electron chi connectivity index (χ2n) is 15.8. The summed E-state index contributed by atoms with van der Waals surface area (Å²) in [5.74, 6) is -0.805. The van der Waals surface area contributed by atoms with E-state index in [1.54, 1.807) is 0 Å². The number of aliphatic hydroxyl groups excluding tert-OH is 1. The highest BCUT2D eigenvalue weighted by molar-refractivity contribution is 6.06. The number of aliphatic hydroxyl groups is 1. The number of imide groups is 1. The highest BCUT2D eigenvalue weighted by atomic mass is 16.7. The topological polar surface area (TPSA) is 121 Å². The van der Waals surface area contributed by atoms with E-state index in [1.165, 1.54) is 43.7 Å². The number of rotatable bonds is 13. The van der Waals surface area contributed by atoms with Crippen molar-refractivity contribution in [2.45, 2.75) is 88.9 Å². The van der Waals surface area contributed by atoms with Crippen LogP contribution in [0.1, 0.15) is 78.7 Å².